The van der Waals surface area contributed by atoms with Gasteiger partial charge in [-0.1, -0.05) is 19.8 Å². The van der Waals surface area contributed by atoms with Crippen LogP contribution in [0.4, 0.5) is 0 Å². The van der Waals surface area contributed by atoms with Crippen LogP contribution in [-0.4, -0.2) is 14.4 Å². The minimum Gasteiger partial charge on any atom is -0.291 e. The number of nitrogens with zero attached hydrogens (tertiary/aromatic N) is 3. The molecular formula is C11H13BrN3. The predicted molar refractivity (Wildman–Crippen MR) is 63.6 cm³/mol. The van der Waals surface area contributed by atoms with Gasteiger partial charge in [0, 0.05) is 18.8 Å². The molecule has 0 aliphatic heterocycles. The highest BCUT2D eigenvalue weighted by Crippen LogP contribution is 2.17. The Morgan fingerprint density at radius 2 is 2.33 bits per heavy atom. The van der Waals surface area contributed by atoms with Crippen LogP contribution in [0.3, 0.4) is 0 Å². The summed E-state index contributed by atoms with van der Waals surface area (Å²) in [5, 5.41) is 0. The molecule has 0 saturated heterocycles. The summed E-state index contributed by atoms with van der Waals surface area (Å²) in [4.78, 5) is 8.65. The van der Waals surface area contributed by atoms with Crippen molar-refractivity contribution in [1.29, 1.82) is 0 Å². The molecule has 0 aliphatic rings. The van der Waals surface area contributed by atoms with Crippen molar-refractivity contribution in [2.45, 2.75) is 26.2 Å². The number of hydrogen-bond acceptors (Lipinski definition) is 2. The van der Waals surface area contributed by atoms with E-state index in [-0.39, 0.29) is 0 Å². The fourth-order valence-corrected chi connectivity index (χ4v) is 1.88. The zero-order chi connectivity index (χ0) is 10.7. The van der Waals surface area contributed by atoms with E-state index in [0.717, 1.165) is 22.4 Å². The SMILES string of the molecule is CCCC[CH]c1nccn2c(Br)cnc12. The molecule has 0 unspecified atom stereocenters. The Morgan fingerprint density at radius 1 is 1.47 bits per heavy atom. The van der Waals surface area contributed by atoms with Crippen LogP contribution in [-0.2, 0) is 0 Å². The van der Waals surface area contributed by atoms with E-state index in [9.17, 15) is 0 Å². The summed E-state index contributed by atoms with van der Waals surface area (Å²) in [6.45, 7) is 2.19. The van der Waals surface area contributed by atoms with Gasteiger partial charge in [-0.05, 0) is 22.4 Å². The molecule has 15 heavy (non-hydrogen) atoms. The van der Waals surface area contributed by atoms with E-state index in [1.54, 1.807) is 12.4 Å². The van der Waals surface area contributed by atoms with Gasteiger partial charge in [0.25, 0.3) is 0 Å². The summed E-state index contributed by atoms with van der Waals surface area (Å²) >= 11 is 3.44. The molecule has 79 valence electrons. The fourth-order valence-electron chi connectivity index (χ4n) is 1.50. The van der Waals surface area contributed by atoms with Crippen LogP contribution in [0.2, 0.25) is 0 Å². The summed E-state index contributed by atoms with van der Waals surface area (Å²) in [5.41, 5.74) is 1.89. The van der Waals surface area contributed by atoms with Crippen molar-refractivity contribution in [1.82, 2.24) is 14.4 Å². The van der Waals surface area contributed by atoms with Gasteiger partial charge in [0.1, 0.15) is 4.60 Å². The Bertz CT molecular complexity index is 450. The van der Waals surface area contributed by atoms with Gasteiger partial charge in [-0.2, -0.15) is 0 Å². The molecule has 2 aromatic rings. The standard InChI is InChI=1S/C11H13BrN3/c1-2-3-4-5-9-11-14-8-10(12)15(11)7-6-13-9/h5-8H,2-4H2,1H3. The van der Waals surface area contributed by atoms with E-state index in [0.29, 0.717) is 0 Å². The predicted octanol–water partition coefficient (Wildman–Crippen LogP) is 3.23. The molecule has 0 aliphatic carbocycles. The van der Waals surface area contributed by atoms with E-state index in [1.807, 2.05) is 10.6 Å². The third kappa shape index (κ3) is 2.20. The Hall–Kier alpha value is -0.900. The maximum atomic E-state index is 4.33. The van der Waals surface area contributed by atoms with E-state index in [2.05, 4.69) is 39.2 Å². The van der Waals surface area contributed by atoms with Crippen LogP contribution < -0.4 is 0 Å². The van der Waals surface area contributed by atoms with Crippen molar-refractivity contribution >= 4 is 21.6 Å². The van der Waals surface area contributed by atoms with Crippen molar-refractivity contribution in [2.75, 3.05) is 0 Å². The maximum Gasteiger partial charge on any atom is 0.159 e. The van der Waals surface area contributed by atoms with Crippen LogP contribution in [0.5, 0.6) is 0 Å². The van der Waals surface area contributed by atoms with Gasteiger partial charge in [0.15, 0.2) is 5.65 Å². The fraction of sp³-hybridized carbons (Fsp3) is 0.364. The van der Waals surface area contributed by atoms with Gasteiger partial charge in [0.2, 0.25) is 0 Å². The molecule has 2 heterocycles. The lowest BCUT2D eigenvalue weighted by Gasteiger charge is -2.01. The highest BCUT2D eigenvalue weighted by molar-refractivity contribution is 9.10. The molecule has 3 nitrogen and oxygen atoms in total. The zero-order valence-corrected chi connectivity index (χ0v) is 10.2. The summed E-state index contributed by atoms with van der Waals surface area (Å²) in [6.07, 6.45) is 11.1. The van der Waals surface area contributed by atoms with Crippen LogP contribution in [0.15, 0.2) is 23.2 Å². The number of hydrogen-bond donors (Lipinski definition) is 0. The van der Waals surface area contributed by atoms with Gasteiger partial charge >= 0.3 is 0 Å². The van der Waals surface area contributed by atoms with Gasteiger partial charge < -0.3 is 0 Å². The maximum absolute atomic E-state index is 4.33. The first-order valence-electron chi connectivity index (χ1n) is 5.13. The molecule has 2 rings (SSSR count). The molecule has 4 heteroatoms. The summed E-state index contributed by atoms with van der Waals surface area (Å²) in [7, 11) is 0. The third-order valence-electron chi connectivity index (χ3n) is 2.31. The first-order valence-corrected chi connectivity index (χ1v) is 5.93. The van der Waals surface area contributed by atoms with Crippen LogP contribution >= 0.6 is 15.9 Å². The Kier molecular flexibility index (Phi) is 3.36. The van der Waals surface area contributed by atoms with Crippen molar-refractivity contribution in [2.24, 2.45) is 0 Å². The molecule has 0 aromatic carbocycles. The smallest absolute Gasteiger partial charge is 0.159 e. The number of unbranched alkanes of at least 4 members (excludes halogenated alkanes) is 2. The van der Waals surface area contributed by atoms with E-state index >= 15 is 0 Å². The highest BCUT2D eigenvalue weighted by atomic mass is 79.9. The quantitative estimate of drug-likeness (QED) is 0.796. The summed E-state index contributed by atoms with van der Waals surface area (Å²) in [6, 6.07) is 0. The van der Waals surface area contributed by atoms with Crippen molar-refractivity contribution < 1.29 is 0 Å². The minimum atomic E-state index is 0.917. The lowest BCUT2D eigenvalue weighted by atomic mass is 10.1. The Morgan fingerprint density at radius 3 is 3.13 bits per heavy atom. The number of aromatic nitrogens is 3. The molecular weight excluding hydrogens is 254 g/mol. The van der Waals surface area contributed by atoms with Gasteiger partial charge in [-0.15, -0.1) is 0 Å². The summed E-state index contributed by atoms with van der Waals surface area (Å²) in [5.74, 6) is 0. The average molecular weight is 267 g/mol. The van der Waals surface area contributed by atoms with Gasteiger partial charge in [0.05, 0.1) is 11.9 Å². The Balaban J connectivity index is 2.26. The summed E-state index contributed by atoms with van der Waals surface area (Å²) < 4.78 is 2.95. The second-order valence-corrected chi connectivity index (χ2v) is 4.25. The number of halogens is 1. The van der Waals surface area contributed by atoms with Gasteiger partial charge in [-0.25, -0.2) is 4.98 Å². The van der Waals surface area contributed by atoms with E-state index < -0.39 is 0 Å². The van der Waals surface area contributed by atoms with Gasteiger partial charge in [-0.3, -0.25) is 9.38 Å². The Labute approximate surface area is 97.7 Å². The first-order chi connectivity index (χ1) is 7.33. The van der Waals surface area contributed by atoms with Crippen molar-refractivity contribution in [3.05, 3.63) is 35.3 Å². The molecule has 0 amide bonds. The monoisotopic (exact) mass is 266 g/mol. The zero-order valence-electron chi connectivity index (χ0n) is 8.65. The average Bonchev–Trinajstić information content (AvgIpc) is 2.62. The third-order valence-corrected chi connectivity index (χ3v) is 2.89. The van der Waals surface area contributed by atoms with E-state index in [1.165, 1.54) is 12.8 Å². The first kappa shape index (κ1) is 10.6. The molecule has 2 aromatic heterocycles. The van der Waals surface area contributed by atoms with Crippen LogP contribution in [0.25, 0.3) is 5.65 Å². The van der Waals surface area contributed by atoms with Crippen LogP contribution in [0.1, 0.15) is 31.9 Å². The molecule has 0 spiro atoms. The minimum absolute atomic E-state index is 0.917. The number of imidazole rings is 1. The lowest BCUT2D eigenvalue weighted by Crippen LogP contribution is -1.94. The second kappa shape index (κ2) is 4.75. The molecule has 1 radical (unpaired) electrons. The largest absolute Gasteiger partial charge is 0.291 e. The van der Waals surface area contributed by atoms with E-state index in [4.69, 9.17) is 0 Å². The molecule has 0 fully saturated rings. The molecule has 0 bridgehead atoms. The normalized spacial score (nSPS) is 11.1. The lowest BCUT2D eigenvalue weighted by molar-refractivity contribution is 0.785. The van der Waals surface area contributed by atoms with Crippen molar-refractivity contribution in [3.8, 4) is 0 Å². The van der Waals surface area contributed by atoms with Crippen LogP contribution in [0, 0.1) is 6.42 Å². The number of rotatable bonds is 4. The second-order valence-electron chi connectivity index (χ2n) is 3.43. The molecule has 0 atom stereocenters. The molecule has 0 saturated carbocycles. The topological polar surface area (TPSA) is 30.2 Å². The number of fused-ring (bicyclic) bond motifs is 1. The van der Waals surface area contributed by atoms with Crippen molar-refractivity contribution in [3.63, 3.8) is 0 Å². The highest BCUT2D eigenvalue weighted by Gasteiger charge is 2.06. The molecule has 0 N–H and O–H groups in total.